The molecule has 6 heteroatoms. The molecular formula is C22H28N4O2. The van der Waals surface area contributed by atoms with Gasteiger partial charge in [0.25, 0.3) is 0 Å². The number of ether oxygens (including phenoxy) is 2. The quantitative estimate of drug-likeness (QED) is 0.436. The Morgan fingerprint density at radius 2 is 1.93 bits per heavy atom. The van der Waals surface area contributed by atoms with Gasteiger partial charge >= 0.3 is 0 Å². The van der Waals surface area contributed by atoms with Crippen LogP contribution in [0.1, 0.15) is 12.5 Å². The topological polar surface area (TPSA) is 58.1 Å². The van der Waals surface area contributed by atoms with Crippen molar-refractivity contribution >= 4 is 17.3 Å². The average Bonchev–Trinajstić information content (AvgIpc) is 3.27. The van der Waals surface area contributed by atoms with Gasteiger partial charge in [0.15, 0.2) is 17.5 Å². The number of methoxy groups -OCH3 is 1. The van der Waals surface area contributed by atoms with Crippen molar-refractivity contribution in [1.82, 2.24) is 5.32 Å². The Bertz CT molecular complexity index is 840. The third-order valence-electron chi connectivity index (χ3n) is 4.50. The van der Waals surface area contributed by atoms with Gasteiger partial charge in [-0.05, 0) is 36.8 Å². The molecule has 28 heavy (non-hydrogen) atoms. The highest BCUT2D eigenvalue weighted by Crippen LogP contribution is 2.30. The zero-order valence-electron chi connectivity index (χ0n) is 16.7. The summed E-state index contributed by atoms with van der Waals surface area (Å²) in [4.78, 5) is 6.65. The number of nitrogens with zero attached hydrogens (tertiary/aromatic N) is 2. The van der Waals surface area contributed by atoms with Crippen molar-refractivity contribution in [2.24, 2.45) is 4.99 Å². The molecule has 2 aromatic rings. The molecule has 0 amide bonds. The smallest absolute Gasteiger partial charge is 0.195 e. The fourth-order valence-corrected chi connectivity index (χ4v) is 3.08. The van der Waals surface area contributed by atoms with Gasteiger partial charge in [0.2, 0.25) is 0 Å². The van der Waals surface area contributed by atoms with E-state index in [1.54, 1.807) is 14.2 Å². The molecule has 2 aromatic carbocycles. The van der Waals surface area contributed by atoms with Crippen LogP contribution in [0.5, 0.6) is 11.5 Å². The Labute approximate surface area is 166 Å². The molecule has 1 heterocycles. The highest BCUT2D eigenvalue weighted by molar-refractivity contribution is 5.93. The molecule has 0 fully saturated rings. The summed E-state index contributed by atoms with van der Waals surface area (Å²) in [5.41, 5.74) is 3.33. The van der Waals surface area contributed by atoms with E-state index in [0.717, 1.165) is 18.8 Å². The number of nitrogens with one attached hydrogen (secondary N) is 2. The molecule has 1 aliphatic heterocycles. The first-order chi connectivity index (χ1) is 13.7. The largest absolute Gasteiger partial charge is 0.493 e. The van der Waals surface area contributed by atoms with Crippen LogP contribution in [0.3, 0.4) is 0 Å². The van der Waals surface area contributed by atoms with Crippen LogP contribution in [0.2, 0.25) is 0 Å². The number of hydrogen-bond acceptors (Lipinski definition) is 4. The summed E-state index contributed by atoms with van der Waals surface area (Å²) in [6.45, 7) is 5.16. The first kappa shape index (κ1) is 19.6. The molecule has 0 radical (unpaired) electrons. The van der Waals surface area contributed by atoms with Crippen molar-refractivity contribution in [1.29, 1.82) is 0 Å². The first-order valence-corrected chi connectivity index (χ1v) is 9.51. The van der Waals surface area contributed by atoms with Gasteiger partial charge in [0, 0.05) is 44.1 Å². The Balaban J connectivity index is 1.62. The zero-order chi connectivity index (χ0) is 19.8. The van der Waals surface area contributed by atoms with Gasteiger partial charge in [-0.2, -0.15) is 0 Å². The summed E-state index contributed by atoms with van der Waals surface area (Å²) in [5, 5.41) is 6.67. The lowest BCUT2D eigenvalue weighted by Gasteiger charge is -2.19. The first-order valence-electron chi connectivity index (χ1n) is 9.51. The van der Waals surface area contributed by atoms with Crippen molar-refractivity contribution in [2.75, 3.05) is 44.1 Å². The third-order valence-corrected chi connectivity index (χ3v) is 4.50. The van der Waals surface area contributed by atoms with Crippen molar-refractivity contribution in [3.8, 4) is 11.5 Å². The van der Waals surface area contributed by atoms with Crippen LogP contribution in [0.25, 0.3) is 0 Å². The molecule has 6 nitrogen and oxygen atoms in total. The average molecular weight is 380 g/mol. The maximum atomic E-state index is 5.64. The third kappa shape index (κ3) is 4.97. The van der Waals surface area contributed by atoms with Crippen LogP contribution in [-0.2, 0) is 6.54 Å². The van der Waals surface area contributed by atoms with E-state index in [9.17, 15) is 0 Å². The van der Waals surface area contributed by atoms with E-state index in [1.165, 1.54) is 11.3 Å². The molecule has 0 aromatic heterocycles. The molecule has 0 bridgehead atoms. The van der Waals surface area contributed by atoms with Crippen LogP contribution in [-0.4, -0.2) is 39.8 Å². The maximum absolute atomic E-state index is 5.64. The van der Waals surface area contributed by atoms with E-state index in [0.29, 0.717) is 30.6 Å². The molecule has 0 atom stereocenters. The number of anilines is 2. The highest BCUT2D eigenvalue weighted by atomic mass is 16.5. The van der Waals surface area contributed by atoms with Crippen molar-refractivity contribution < 1.29 is 9.47 Å². The molecule has 1 aliphatic rings. The lowest BCUT2D eigenvalue weighted by atomic mass is 10.2. The molecular weight excluding hydrogens is 352 g/mol. The summed E-state index contributed by atoms with van der Waals surface area (Å²) < 4.78 is 11.0. The lowest BCUT2D eigenvalue weighted by molar-refractivity contribution is 0.311. The van der Waals surface area contributed by atoms with E-state index in [2.05, 4.69) is 56.9 Å². The molecule has 0 saturated heterocycles. The van der Waals surface area contributed by atoms with Crippen LogP contribution in [0, 0.1) is 0 Å². The molecule has 0 unspecified atom stereocenters. The Morgan fingerprint density at radius 1 is 1.11 bits per heavy atom. The predicted molar refractivity (Wildman–Crippen MR) is 116 cm³/mol. The monoisotopic (exact) mass is 380 g/mol. The standard InChI is InChI=1S/C22H28N4O2/c1-4-28-21-15-18(10-11-20(21)27-3)25-22(23-2)24-16-17-8-7-9-19(14-17)26-12-5-6-13-26/h5-11,14-15H,4,12-13,16H2,1-3H3,(H2,23,24,25). The van der Waals surface area contributed by atoms with E-state index in [1.807, 2.05) is 25.1 Å². The number of guanidine groups is 1. The normalized spacial score (nSPS) is 13.5. The SMILES string of the molecule is CCOc1cc(NC(=NC)NCc2cccc(N3CC=CC3)c2)ccc1OC. The number of rotatable bonds is 7. The Morgan fingerprint density at radius 3 is 2.64 bits per heavy atom. The van der Waals surface area contributed by atoms with E-state index >= 15 is 0 Å². The summed E-state index contributed by atoms with van der Waals surface area (Å²) in [7, 11) is 3.40. The fraction of sp³-hybridized carbons (Fsp3) is 0.318. The Hall–Kier alpha value is -3.15. The zero-order valence-corrected chi connectivity index (χ0v) is 16.7. The van der Waals surface area contributed by atoms with Gasteiger partial charge in [-0.1, -0.05) is 24.3 Å². The molecule has 0 saturated carbocycles. The summed E-state index contributed by atoms with van der Waals surface area (Å²) in [6, 6.07) is 14.3. The minimum Gasteiger partial charge on any atom is -0.493 e. The van der Waals surface area contributed by atoms with Gasteiger partial charge in [-0.25, -0.2) is 0 Å². The highest BCUT2D eigenvalue weighted by Gasteiger charge is 2.09. The number of hydrogen-bond donors (Lipinski definition) is 2. The van der Waals surface area contributed by atoms with E-state index < -0.39 is 0 Å². The van der Waals surface area contributed by atoms with Crippen LogP contribution in [0.4, 0.5) is 11.4 Å². The van der Waals surface area contributed by atoms with Crippen LogP contribution >= 0.6 is 0 Å². The summed E-state index contributed by atoms with van der Waals surface area (Å²) in [6.07, 6.45) is 4.39. The second kappa shape index (κ2) is 9.69. The number of benzene rings is 2. The van der Waals surface area contributed by atoms with Gasteiger partial charge in [-0.15, -0.1) is 0 Å². The molecule has 2 N–H and O–H groups in total. The summed E-state index contributed by atoms with van der Waals surface area (Å²) in [5.74, 6) is 2.11. The second-order valence-electron chi connectivity index (χ2n) is 6.40. The molecule has 3 rings (SSSR count). The van der Waals surface area contributed by atoms with Gasteiger partial charge < -0.3 is 25.0 Å². The minimum absolute atomic E-state index is 0.579. The molecule has 0 spiro atoms. The van der Waals surface area contributed by atoms with Gasteiger partial charge in [0.05, 0.1) is 13.7 Å². The molecule has 148 valence electrons. The van der Waals surface area contributed by atoms with Crippen molar-refractivity contribution in [3.63, 3.8) is 0 Å². The van der Waals surface area contributed by atoms with Crippen LogP contribution in [0.15, 0.2) is 59.6 Å². The summed E-state index contributed by atoms with van der Waals surface area (Å²) >= 11 is 0. The van der Waals surface area contributed by atoms with Gasteiger partial charge in [-0.3, -0.25) is 4.99 Å². The van der Waals surface area contributed by atoms with Gasteiger partial charge in [0.1, 0.15) is 0 Å². The fourth-order valence-electron chi connectivity index (χ4n) is 3.08. The lowest BCUT2D eigenvalue weighted by Crippen LogP contribution is -2.30. The minimum atomic E-state index is 0.579. The van der Waals surface area contributed by atoms with E-state index in [-0.39, 0.29) is 0 Å². The van der Waals surface area contributed by atoms with Crippen molar-refractivity contribution in [3.05, 3.63) is 60.2 Å². The Kier molecular flexibility index (Phi) is 6.78. The predicted octanol–water partition coefficient (Wildman–Crippen LogP) is 3.66. The number of aliphatic imine (C=N–C) groups is 1. The van der Waals surface area contributed by atoms with E-state index in [4.69, 9.17) is 9.47 Å². The van der Waals surface area contributed by atoms with Crippen LogP contribution < -0.4 is 25.0 Å². The molecule has 0 aliphatic carbocycles. The second-order valence-corrected chi connectivity index (χ2v) is 6.40. The van der Waals surface area contributed by atoms with Crippen molar-refractivity contribution in [2.45, 2.75) is 13.5 Å². The maximum Gasteiger partial charge on any atom is 0.195 e.